The maximum Gasteiger partial charge on any atom is 0.298 e. The van der Waals surface area contributed by atoms with Crippen LogP contribution in [0.25, 0.3) is 0 Å². The molecule has 116 valence electrons. The third-order valence-electron chi connectivity index (χ3n) is 4.52. The molecule has 0 heterocycles. The molecule has 0 bridgehead atoms. The van der Waals surface area contributed by atoms with Gasteiger partial charge in [-0.2, -0.15) is 0 Å². The van der Waals surface area contributed by atoms with E-state index in [1.807, 2.05) is 0 Å². The van der Waals surface area contributed by atoms with E-state index in [0.717, 1.165) is 36.8 Å². The van der Waals surface area contributed by atoms with Gasteiger partial charge in [0, 0.05) is 12.1 Å². The minimum absolute atomic E-state index is 0.0447. The summed E-state index contributed by atoms with van der Waals surface area (Å²) in [5, 5.41) is 0. The largest absolute Gasteiger partial charge is 0.429 e. The lowest BCUT2D eigenvalue weighted by molar-refractivity contribution is -0.120. The van der Waals surface area contributed by atoms with Gasteiger partial charge < -0.3 is 10.5 Å². The Bertz CT molecular complexity index is 504. The van der Waals surface area contributed by atoms with Crippen molar-refractivity contribution in [2.24, 2.45) is 11.7 Å². The maximum absolute atomic E-state index is 14.4. The van der Waals surface area contributed by atoms with Gasteiger partial charge in [-0.25, -0.2) is 4.39 Å². The number of benzene rings is 1. The quantitative estimate of drug-likeness (QED) is 0.816. The first-order chi connectivity index (χ1) is 10.1. The topological polar surface area (TPSA) is 52.3 Å². The highest BCUT2D eigenvalue weighted by Crippen LogP contribution is 2.41. The van der Waals surface area contributed by atoms with Gasteiger partial charge in [-0.05, 0) is 48.3 Å². The molecule has 1 aromatic rings. The molecule has 3 nitrogen and oxygen atoms in total. The first-order valence-corrected chi connectivity index (χ1v) is 7.80. The molecule has 1 aliphatic carbocycles. The Morgan fingerprint density at radius 3 is 2.67 bits per heavy atom. The van der Waals surface area contributed by atoms with Crippen LogP contribution in [0.3, 0.4) is 0 Å². The lowest BCUT2D eigenvalue weighted by Gasteiger charge is -2.38. The van der Waals surface area contributed by atoms with Crippen LogP contribution < -0.4 is 10.5 Å². The molecule has 0 saturated carbocycles. The number of rotatable bonds is 6. The molecule has 0 amide bonds. The Kier molecular flexibility index (Phi) is 5.34. The van der Waals surface area contributed by atoms with Crippen molar-refractivity contribution in [1.82, 2.24) is 0 Å². The number of hydrogen-bond acceptors (Lipinski definition) is 3. The number of ether oxygens (including phenoxy) is 1. The van der Waals surface area contributed by atoms with E-state index in [2.05, 4.69) is 13.8 Å². The van der Waals surface area contributed by atoms with E-state index in [1.54, 1.807) is 6.07 Å². The van der Waals surface area contributed by atoms with Crippen molar-refractivity contribution in [3.05, 3.63) is 29.1 Å². The summed E-state index contributed by atoms with van der Waals surface area (Å²) in [4.78, 5) is 10.5. The predicted molar refractivity (Wildman–Crippen MR) is 80.8 cm³/mol. The number of hydrogen-bond donors (Lipinski definition) is 1. The molecule has 0 radical (unpaired) electrons. The van der Waals surface area contributed by atoms with E-state index >= 15 is 0 Å². The molecule has 0 aliphatic heterocycles. The number of fused-ring (bicyclic) bond motifs is 1. The molecule has 0 spiro atoms. The molecule has 2 rings (SSSR count). The van der Waals surface area contributed by atoms with E-state index in [0.29, 0.717) is 18.8 Å². The van der Waals surface area contributed by atoms with Crippen molar-refractivity contribution in [3.8, 4) is 5.75 Å². The van der Waals surface area contributed by atoms with Gasteiger partial charge in [0.15, 0.2) is 0 Å². The van der Waals surface area contributed by atoms with Gasteiger partial charge in [-0.1, -0.05) is 26.7 Å². The fourth-order valence-electron chi connectivity index (χ4n) is 3.56. The van der Waals surface area contributed by atoms with E-state index in [9.17, 15) is 9.18 Å². The second-order valence-corrected chi connectivity index (χ2v) is 5.91. The van der Waals surface area contributed by atoms with Crippen LogP contribution in [0.1, 0.15) is 56.6 Å². The molecule has 0 saturated heterocycles. The zero-order valence-electron chi connectivity index (χ0n) is 12.8. The third kappa shape index (κ3) is 3.26. The average Bonchev–Trinajstić information content (AvgIpc) is 2.45. The predicted octanol–water partition coefficient (Wildman–Crippen LogP) is 3.54. The number of halogens is 1. The van der Waals surface area contributed by atoms with Gasteiger partial charge in [0.05, 0.1) is 0 Å². The SMILES string of the molecule is CCCC1Cc2c(F)cc(OC=O)cc2C(CCC)C1N. The molecule has 21 heavy (non-hydrogen) atoms. The van der Waals surface area contributed by atoms with Crippen molar-refractivity contribution >= 4 is 6.47 Å². The molecule has 1 aliphatic rings. The zero-order valence-corrected chi connectivity index (χ0v) is 12.8. The molecular weight excluding hydrogens is 269 g/mol. The summed E-state index contributed by atoms with van der Waals surface area (Å²) < 4.78 is 19.2. The number of nitrogens with two attached hydrogens (primary N) is 1. The summed E-state index contributed by atoms with van der Waals surface area (Å²) in [6, 6.07) is 3.13. The van der Waals surface area contributed by atoms with Gasteiger partial charge in [0.2, 0.25) is 0 Å². The molecule has 3 atom stereocenters. The standard InChI is InChI=1S/C17H24FNO2/c1-3-5-11-7-15-14(13(6-4-2)17(11)19)8-12(21-10-20)9-16(15)18/h8-11,13,17H,3-7,19H2,1-2H3. The minimum Gasteiger partial charge on any atom is -0.429 e. The van der Waals surface area contributed by atoms with E-state index in [4.69, 9.17) is 10.5 Å². The van der Waals surface area contributed by atoms with E-state index in [1.165, 1.54) is 6.07 Å². The first-order valence-electron chi connectivity index (χ1n) is 7.80. The zero-order chi connectivity index (χ0) is 15.4. The van der Waals surface area contributed by atoms with Crippen LogP contribution in [-0.2, 0) is 11.2 Å². The lowest BCUT2D eigenvalue weighted by Crippen LogP contribution is -2.41. The van der Waals surface area contributed by atoms with Crippen molar-refractivity contribution in [1.29, 1.82) is 0 Å². The number of carbonyl (C=O) groups excluding carboxylic acids is 1. The molecule has 0 aromatic heterocycles. The van der Waals surface area contributed by atoms with E-state index < -0.39 is 0 Å². The highest BCUT2D eigenvalue weighted by Gasteiger charge is 2.35. The Balaban J connectivity index is 2.44. The fraction of sp³-hybridized carbons (Fsp3) is 0.588. The second kappa shape index (κ2) is 7.03. The highest BCUT2D eigenvalue weighted by molar-refractivity contribution is 5.49. The fourth-order valence-corrected chi connectivity index (χ4v) is 3.56. The molecule has 3 unspecified atom stereocenters. The van der Waals surface area contributed by atoms with Crippen molar-refractivity contribution in [2.75, 3.05) is 0 Å². The van der Waals surface area contributed by atoms with Crippen LogP contribution in [0.4, 0.5) is 4.39 Å². The summed E-state index contributed by atoms with van der Waals surface area (Å²) in [5.74, 6) is 0.452. The van der Waals surface area contributed by atoms with Crippen LogP contribution in [-0.4, -0.2) is 12.5 Å². The van der Waals surface area contributed by atoms with E-state index in [-0.39, 0.29) is 23.5 Å². The summed E-state index contributed by atoms with van der Waals surface area (Å²) in [7, 11) is 0. The van der Waals surface area contributed by atoms with Crippen LogP contribution in [0, 0.1) is 11.7 Å². The van der Waals surface area contributed by atoms with Gasteiger partial charge in [-0.15, -0.1) is 0 Å². The van der Waals surface area contributed by atoms with Crippen molar-refractivity contribution < 1.29 is 13.9 Å². The smallest absolute Gasteiger partial charge is 0.298 e. The van der Waals surface area contributed by atoms with Crippen LogP contribution in [0.2, 0.25) is 0 Å². The summed E-state index contributed by atoms with van der Waals surface area (Å²) in [5.41, 5.74) is 8.13. The third-order valence-corrected chi connectivity index (χ3v) is 4.52. The van der Waals surface area contributed by atoms with Crippen molar-refractivity contribution in [2.45, 2.75) is 57.9 Å². The highest BCUT2D eigenvalue weighted by atomic mass is 19.1. The molecular formula is C17H24FNO2. The first kappa shape index (κ1) is 16.0. The number of carbonyl (C=O) groups is 1. The minimum atomic E-state index is -0.279. The van der Waals surface area contributed by atoms with Gasteiger partial charge in [0.1, 0.15) is 11.6 Å². The van der Waals surface area contributed by atoms with Crippen LogP contribution >= 0.6 is 0 Å². The van der Waals surface area contributed by atoms with Crippen LogP contribution in [0.5, 0.6) is 5.75 Å². The van der Waals surface area contributed by atoms with Gasteiger partial charge in [0.25, 0.3) is 6.47 Å². The normalized spacial score (nSPS) is 24.5. The Labute approximate surface area is 125 Å². The summed E-state index contributed by atoms with van der Waals surface area (Å²) in [6.45, 7) is 4.57. The Morgan fingerprint density at radius 1 is 1.33 bits per heavy atom. The summed E-state index contributed by atoms with van der Waals surface area (Å²) >= 11 is 0. The molecule has 2 N–H and O–H groups in total. The molecule has 1 aromatic carbocycles. The Morgan fingerprint density at radius 2 is 2.05 bits per heavy atom. The van der Waals surface area contributed by atoms with Crippen molar-refractivity contribution in [3.63, 3.8) is 0 Å². The maximum atomic E-state index is 14.4. The average molecular weight is 293 g/mol. The summed E-state index contributed by atoms with van der Waals surface area (Å²) in [6.07, 6.45) is 4.68. The molecule has 4 heteroatoms. The lowest BCUT2D eigenvalue weighted by atomic mass is 9.70. The van der Waals surface area contributed by atoms with Gasteiger partial charge in [-0.3, -0.25) is 4.79 Å². The second-order valence-electron chi connectivity index (χ2n) is 5.91. The van der Waals surface area contributed by atoms with Crippen LogP contribution in [0.15, 0.2) is 12.1 Å². The Hall–Kier alpha value is -1.42. The molecule has 0 fully saturated rings. The monoisotopic (exact) mass is 293 g/mol. The van der Waals surface area contributed by atoms with Gasteiger partial charge >= 0.3 is 0 Å².